The summed E-state index contributed by atoms with van der Waals surface area (Å²) in [6.45, 7) is 15.5. The van der Waals surface area contributed by atoms with Gasteiger partial charge in [0.15, 0.2) is 0 Å². The zero-order valence-electron chi connectivity index (χ0n) is 10.9. The van der Waals surface area contributed by atoms with Crippen LogP contribution in [0.1, 0.15) is 60.8 Å². The van der Waals surface area contributed by atoms with Gasteiger partial charge in [-0.3, -0.25) is 4.90 Å². The smallest absolute Gasteiger partial charge is 0.0158 e. The van der Waals surface area contributed by atoms with E-state index in [0.717, 1.165) is 5.92 Å². The lowest BCUT2D eigenvalue weighted by Gasteiger charge is -2.53. The standard InChI is InChI=1S/C13H27N/c1-11(2)10-14-12(3,4)8-7-9-13(14,5)6/h11H,7-10H2,1-6H3. The fourth-order valence-corrected chi connectivity index (χ4v) is 2.90. The lowest BCUT2D eigenvalue weighted by Crippen LogP contribution is -2.59. The van der Waals surface area contributed by atoms with E-state index >= 15 is 0 Å². The van der Waals surface area contributed by atoms with E-state index in [9.17, 15) is 0 Å². The Kier molecular flexibility index (Phi) is 3.30. The molecule has 1 heteroatoms. The van der Waals surface area contributed by atoms with Crippen LogP contribution in [0, 0.1) is 5.92 Å². The van der Waals surface area contributed by atoms with E-state index in [2.05, 4.69) is 46.4 Å². The number of hydrogen-bond donors (Lipinski definition) is 0. The zero-order chi connectivity index (χ0) is 11.0. The van der Waals surface area contributed by atoms with Gasteiger partial charge in [-0.15, -0.1) is 0 Å². The van der Waals surface area contributed by atoms with Crippen molar-refractivity contribution in [3.63, 3.8) is 0 Å². The van der Waals surface area contributed by atoms with Crippen LogP contribution in [0.25, 0.3) is 0 Å². The molecule has 0 amide bonds. The van der Waals surface area contributed by atoms with Crippen LogP contribution in [0.5, 0.6) is 0 Å². The molecule has 0 radical (unpaired) electrons. The van der Waals surface area contributed by atoms with E-state index in [1.54, 1.807) is 0 Å². The highest BCUT2D eigenvalue weighted by atomic mass is 15.3. The first-order valence-electron chi connectivity index (χ1n) is 6.03. The summed E-state index contributed by atoms with van der Waals surface area (Å²) in [5, 5.41) is 0. The fraction of sp³-hybridized carbons (Fsp3) is 1.00. The van der Waals surface area contributed by atoms with Crippen LogP contribution < -0.4 is 0 Å². The van der Waals surface area contributed by atoms with Gasteiger partial charge in [0.05, 0.1) is 0 Å². The summed E-state index contributed by atoms with van der Waals surface area (Å²) in [6.07, 6.45) is 4.08. The number of nitrogens with zero attached hydrogens (tertiary/aromatic N) is 1. The topological polar surface area (TPSA) is 3.24 Å². The molecule has 0 aromatic carbocycles. The van der Waals surface area contributed by atoms with Crippen LogP contribution in [0.15, 0.2) is 0 Å². The maximum atomic E-state index is 2.72. The minimum absolute atomic E-state index is 0.395. The summed E-state index contributed by atoms with van der Waals surface area (Å²) < 4.78 is 0. The summed E-state index contributed by atoms with van der Waals surface area (Å²) in [5.41, 5.74) is 0.790. The van der Waals surface area contributed by atoms with Crippen molar-refractivity contribution in [2.45, 2.75) is 71.9 Å². The molecule has 0 spiro atoms. The number of piperidine rings is 1. The molecule has 0 unspecified atom stereocenters. The Balaban J connectivity index is 2.80. The first-order valence-corrected chi connectivity index (χ1v) is 6.03. The molecule has 0 aliphatic carbocycles. The third kappa shape index (κ3) is 2.50. The molecular weight excluding hydrogens is 170 g/mol. The highest BCUT2D eigenvalue weighted by Gasteiger charge is 2.40. The molecule has 84 valence electrons. The fourth-order valence-electron chi connectivity index (χ4n) is 2.90. The highest BCUT2D eigenvalue weighted by molar-refractivity contribution is 4.96. The molecule has 1 aliphatic rings. The molecule has 1 heterocycles. The van der Waals surface area contributed by atoms with Gasteiger partial charge in [-0.05, 0) is 52.9 Å². The molecule has 1 aliphatic heterocycles. The van der Waals surface area contributed by atoms with Crippen molar-refractivity contribution in [2.75, 3.05) is 6.54 Å². The Bertz CT molecular complexity index is 175. The van der Waals surface area contributed by atoms with E-state index in [-0.39, 0.29) is 0 Å². The third-order valence-electron chi connectivity index (χ3n) is 3.59. The molecular formula is C13H27N. The summed E-state index contributed by atoms with van der Waals surface area (Å²) in [4.78, 5) is 2.72. The first kappa shape index (κ1) is 12.0. The van der Waals surface area contributed by atoms with E-state index in [4.69, 9.17) is 0 Å². The molecule has 0 N–H and O–H groups in total. The lowest BCUT2D eigenvalue weighted by atomic mass is 9.79. The predicted molar refractivity (Wildman–Crippen MR) is 63.6 cm³/mol. The van der Waals surface area contributed by atoms with Crippen molar-refractivity contribution < 1.29 is 0 Å². The van der Waals surface area contributed by atoms with Crippen molar-refractivity contribution in [3.05, 3.63) is 0 Å². The van der Waals surface area contributed by atoms with Crippen molar-refractivity contribution in [2.24, 2.45) is 5.92 Å². The van der Waals surface area contributed by atoms with Crippen LogP contribution in [-0.4, -0.2) is 22.5 Å². The Morgan fingerprint density at radius 1 is 1.00 bits per heavy atom. The van der Waals surface area contributed by atoms with Crippen molar-refractivity contribution in [3.8, 4) is 0 Å². The van der Waals surface area contributed by atoms with E-state index in [1.807, 2.05) is 0 Å². The number of hydrogen-bond acceptors (Lipinski definition) is 1. The normalized spacial score (nSPS) is 26.8. The maximum Gasteiger partial charge on any atom is 0.0158 e. The van der Waals surface area contributed by atoms with Crippen LogP contribution in [0.2, 0.25) is 0 Å². The number of rotatable bonds is 2. The minimum atomic E-state index is 0.395. The molecule has 1 fully saturated rings. The molecule has 1 rings (SSSR count). The average Bonchev–Trinajstić information content (AvgIpc) is 1.96. The molecule has 1 saturated heterocycles. The molecule has 0 atom stereocenters. The largest absolute Gasteiger partial charge is 0.293 e. The summed E-state index contributed by atoms with van der Waals surface area (Å²) >= 11 is 0. The highest BCUT2D eigenvalue weighted by Crippen LogP contribution is 2.38. The van der Waals surface area contributed by atoms with Gasteiger partial charge in [0, 0.05) is 17.6 Å². The second kappa shape index (κ2) is 3.84. The summed E-state index contributed by atoms with van der Waals surface area (Å²) in [5.74, 6) is 0.770. The van der Waals surface area contributed by atoms with Crippen molar-refractivity contribution in [1.29, 1.82) is 0 Å². The summed E-state index contributed by atoms with van der Waals surface area (Å²) in [7, 11) is 0. The number of likely N-dealkylation sites (tertiary alicyclic amines) is 1. The monoisotopic (exact) mass is 197 g/mol. The van der Waals surface area contributed by atoms with E-state index < -0.39 is 0 Å². The Morgan fingerprint density at radius 3 is 1.79 bits per heavy atom. The van der Waals surface area contributed by atoms with Crippen molar-refractivity contribution in [1.82, 2.24) is 4.90 Å². The second-order valence-corrected chi connectivity index (χ2v) is 6.48. The SMILES string of the molecule is CC(C)CN1C(C)(C)CCCC1(C)C. The molecule has 0 aromatic rings. The first-order chi connectivity index (χ1) is 6.26. The van der Waals surface area contributed by atoms with Crippen molar-refractivity contribution >= 4 is 0 Å². The Hall–Kier alpha value is -0.0400. The summed E-state index contributed by atoms with van der Waals surface area (Å²) in [6, 6.07) is 0. The molecule has 14 heavy (non-hydrogen) atoms. The molecule has 1 nitrogen and oxygen atoms in total. The van der Waals surface area contributed by atoms with Gasteiger partial charge >= 0.3 is 0 Å². The van der Waals surface area contributed by atoms with Crippen LogP contribution in [-0.2, 0) is 0 Å². The Morgan fingerprint density at radius 2 is 1.43 bits per heavy atom. The molecule has 0 aromatic heterocycles. The quantitative estimate of drug-likeness (QED) is 0.652. The molecule has 0 saturated carbocycles. The third-order valence-corrected chi connectivity index (χ3v) is 3.59. The predicted octanol–water partition coefficient (Wildman–Crippen LogP) is 3.69. The van der Waals surface area contributed by atoms with Crippen LogP contribution >= 0.6 is 0 Å². The zero-order valence-corrected chi connectivity index (χ0v) is 10.9. The van der Waals surface area contributed by atoms with Gasteiger partial charge in [-0.1, -0.05) is 13.8 Å². The van der Waals surface area contributed by atoms with Gasteiger partial charge < -0.3 is 0 Å². The minimum Gasteiger partial charge on any atom is -0.293 e. The van der Waals surface area contributed by atoms with Gasteiger partial charge in [0.2, 0.25) is 0 Å². The van der Waals surface area contributed by atoms with Crippen LogP contribution in [0.4, 0.5) is 0 Å². The maximum absolute atomic E-state index is 2.72. The van der Waals surface area contributed by atoms with Gasteiger partial charge in [-0.25, -0.2) is 0 Å². The second-order valence-electron chi connectivity index (χ2n) is 6.48. The van der Waals surface area contributed by atoms with E-state index in [1.165, 1.54) is 25.8 Å². The molecule has 0 bridgehead atoms. The van der Waals surface area contributed by atoms with Crippen LogP contribution in [0.3, 0.4) is 0 Å². The van der Waals surface area contributed by atoms with Gasteiger partial charge in [0.1, 0.15) is 0 Å². The average molecular weight is 197 g/mol. The van der Waals surface area contributed by atoms with Gasteiger partial charge in [-0.2, -0.15) is 0 Å². The van der Waals surface area contributed by atoms with Gasteiger partial charge in [0.25, 0.3) is 0 Å². The van der Waals surface area contributed by atoms with E-state index in [0.29, 0.717) is 11.1 Å². The Labute approximate surface area is 89.9 Å². The lowest BCUT2D eigenvalue weighted by molar-refractivity contribution is -0.0347.